The Balaban J connectivity index is 1.26. The number of aromatic nitrogens is 3. The first-order valence-electron chi connectivity index (χ1n) is 27.4. The number of hydrogen-bond donors (Lipinski definition) is 6. The summed E-state index contributed by atoms with van der Waals surface area (Å²) in [6, 6.07) is 6.59. The number of cyclic esters (lactones) is 1. The summed E-state index contributed by atoms with van der Waals surface area (Å²) in [4.78, 5) is 20.9. The van der Waals surface area contributed by atoms with E-state index in [1.165, 1.54) is 14.0 Å². The topological polar surface area (TPSA) is 243 Å². The molecule has 4 fully saturated rings. The van der Waals surface area contributed by atoms with Crippen molar-refractivity contribution in [1.29, 1.82) is 0 Å². The van der Waals surface area contributed by atoms with E-state index in [4.69, 9.17) is 33.2 Å². The predicted octanol–water partition coefficient (Wildman–Crippen LogP) is 3.14. The van der Waals surface area contributed by atoms with Gasteiger partial charge in [-0.05, 0) is 104 Å². The molecule has 20 heteroatoms. The van der Waals surface area contributed by atoms with E-state index in [9.17, 15) is 35.4 Å². The summed E-state index contributed by atoms with van der Waals surface area (Å²) in [6.45, 7) is 21.6. The zero-order valence-corrected chi connectivity index (χ0v) is 47.3. The number of esters is 1. The number of aliphatic hydroxyl groups excluding tert-OH is 4. The smallest absolute Gasteiger partial charge is 0.309 e. The van der Waals surface area contributed by atoms with E-state index in [2.05, 4.69) is 32.2 Å². The van der Waals surface area contributed by atoms with Gasteiger partial charge in [0.1, 0.15) is 42.2 Å². The molecule has 4 saturated heterocycles. The number of rotatable bonds is 15. The van der Waals surface area contributed by atoms with Crippen LogP contribution in [0.5, 0.6) is 0 Å². The number of ether oxygens (including phenoxy) is 7. The Kier molecular flexibility index (Phi) is 21.2. The number of nitrogens with zero attached hydrogens (tertiary/aromatic N) is 6. The summed E-state index contributed by atoms with van der Waals surface area (Å²) in [5, 5.41) is 79.9. The molecule has 0 amide bonds. The molecule has 0 saturated carbocycles. The molecule has 6 rings (SSSR count). The maximum absolute atomic E-state index is 14.7. The summed E-state index contributed by atoms with van der Waals surface area (Å²) >= 11 is 0. The molecule has 0 aliphatic carbocycles. The van der Waals surface area contributed by atoms with Crippen LogP contribution >= 0.6 is 0 Å². The van der Waals surface area contributed by atoms with Crippen LogP contribution in [-0.4, -0.2) is 220 Å². The highest BCUT2D eigenvalue weighted by atomic mass is 16.7. The van der Waals surface area contributed by atoms with Gasteiger partial charge in [-0.3, -0.25) is 4.79 Å². The number of carbonyl (C=O) groups is 1. The minimum Gasteiger partial charge on any atom is -0.459 e. The molecular formula is C55H94N6O14. The number of benzene rings is 1. The van der Waals surface area contributed by atoms with Gasteiger partial charge in [0, 0.05) is 83.1 Å². The van der Waals surface area contributed by atoms with Crippen molar-refractivity contribution in [2.24, 2.45) is 23.7 Å². The van der Waals surface area contributed by atoms with Crippen molar-refractivity contribution in [1.82, 2.24) is 24.8 Å². The van der Waals surface area contributed by atoms with E-state index in [-0.39, 0.29) is 37.9 Å². The second-order valence-electron chi connectivity index (χ2n) is 23.3. The van der Waals surface area contributed by atoms with Gasteiger partial charge < -0.3 is 78.5 Å². The maximum atomic E-state index is 14.7. The fourth-order valence-corrected chi connectivity index (χ4v) is 12.8. The number of aliphatic hydroxyl groups is 6. The fraction of sp³-hybridized carbons (Fsp3) is 0.836. The monoisotopic (exact) mass is 1060 g/mol. The largest absolute Gasteiger partial charge is 0.459 e. The van der Waals surface area contributed by atoms with Crippen LogP contribution in [0.3, 0.4) is 0 Å². The van der Waals surface area contributed by atoms with Gasteiger partial charge in [-0.2, -0.15) is 0 Å². The highest BCUT2D eigenvalue weighted by Gasteiger charge is 2.55. The van der Waals surface area contributed by atoms with E-state index in [1.54, 1.807) is 39.5 Å². The molecule has 4 aliphatic rings. The van der Waals surface area contributed by atoms with Crippen LogP contribution in [0, 0.1) is 23.7 Å². The van der Waals surface area contributed by atoms with E-state index < -0.39 is 114 Å². The lowest BCUT2D eigenvalue weighted by atomic mass is 9.68. The van der Waals surface area contributed by atoms with E-state index >= 15 is 0 Å². The van der Waals surface area contributed by atoms with Crippen LogP contribution < -0.4 is 4.90 Å². The third-order valence-corrected chi connectivity index (χ3v) is 17.5. The normalized spacial score (nSPS) is 40.1. The van der Waals surface area contributed by atoms with Crippen molar-refractivity contribution < 1.29 is 68.6 Å². The Labute approximate surface area is 445 Å². The maximum Gasteiger partial charge on any atom is 0.309 e. The molecule has 0 spiro atoms. The van der Waals surface area contributed by atoms with Gasteiger partial charge in [-0.25, -0.2) is 4.68 Å². The molecule has 428 valence electrons. The molecule has 20 nitrogen and oxygen atoms in total. The van der Waals surface area contributed by atoms with Crippen molar-refractivity contribution in [3.8, 4) is 0 Å². The Morgan fingerprint density at radius 2 is 1.61 bits per heavy atom. The lowest BCUT2D eigenvalue weighted by Gasteiger charge is -2.51. The fourth-order valence-electron chi connectivity index (χ4n) is 12.8. The summed E-state index contributed by atoms with van der Waals surface area (Å²) in [6.07, 6.45) is -5.78. The van der Waals surface area contributed by atoms with E-state index in [0.29, 0.717) is 44.8 Å². The zero-order chi connectivity index (χ0) is 55.3. The zero-order valence-electron chi connectivity index (χ0n) is 47.3. The molecule has 6 N–H and O–H groups in total. The van der Waals surface area contributed by atoms with Crippen LogP contribution in [0.2, 0.25) is 0 Å². The molecule has 0 bridgehead atoms. The molecule has 75 heavy (non-hydrogen) atoms. The Bertz CT molecular complexity index is 2080. The number of carbonyl (C=O) groups excluding carboxylic acids is 1. The van der Waals surface area contributed by atoms with Gasteiger partial charge >= 0.3 is 5.97 Å². The molecule has 1 aromatic heterocycles. The van der Waals surface area contributed by atoms with E-state index in [1.807, 2.05) is 71.9 Å². The molecule has 0 radical (unpaired) electrons. The SMILES string of the molecule is CC[C@H]1OC(=O)[C@H](C)[C@@H](C2C[C@@](C)(OC)[C@@H](O)[C@H](C)O2)[C@H](C)[C@@H](O[C@@H]2O[C@H](C)C[C@H](N(C)CCc3cn([C@H](CO)[C@H](OC)c4ccc(N5CCOCC5)cc4)nn3)[C@H]2O)[C@](C)(O)C[C@@H](C)CN(C)[C@H](C)[C@@H](O)[C@]1(C)O. The van der Waals surface area contributed by atoms with Gasteiger partial charge in [-0.15, -0.1) is 5.10 Å². The van der Waals surface area contributed by atoms with E-state index in [0.717, 1.165) is 24.3 Å². The Hall–Kier alpha value is -2.93. The minimum absolute atomic E-state index is 0.181. The third-order valence-electron chi connectivity index (χ3n) is 17.5. The molecule has 2 aromatic rings. The van der Waals surface area contributed by atoms with Crippen LogP contribution in [0.1, 0.15) is 118 Å². The van der Waals surface area contributed by atoms with Crippen LogP contribution in [0.4, 0.5) is 5.69 Å². The molecule has 4 aliphatic heterocycles. The van der Waals surface area contributed by atoms with Crippen molar-refractivity contribution >= 4 is 11.7 Å². The second-order valence-corrected chi connectivity index (χ2v) is 23.3. The van der Waals surface area contributed by atoms with Gasteiger partial charge in [0.15, 0.2) is 6.29 Å². The number of methoxy groups -OCH3 is 2. The molecular weight excluding hydrogens is 969 g/mol. The molecule has 1 aromatic carbocycles. The quantitative estimate of drug-likeness (QED) is 0.140. The first-order chi connectivity index (χ1) is 35.3. The molecule has 1 unspecified atom stereocenters. The van der Waals surface area contributed by atoms with Crippen molar-refractivity contribution in [3.63, 3.8) is 0 Å². The highest BCUT2D eigenvalue weighted by Crippen LogP contribution is 2.45. The predicted molar refractivity (Wildman–Crippen MR) is 281 cm³/mol. The number of anilines is 1. The lowest BCUT2D eigenvalue weighted by Crippen LogP contribution is -2.62. The Morgan fingerprint density at radius 3 is 2.23 bits per heavy atom. The first-order valence-corrected chi connectivity index (χ1v) is 27.4. The van der Waals surface area contributed by atoms with Gasteiger partial charge in [-0.1, -0.05) is 45.0 Å². The van der Waals surface area contributed by atoms with Crippen molar-refractivity contribution in [3.05, 3.63) is 41.7 Å². The Morgan fingerprint density at radius 1 is 0.947 bits per heavy atom. The van der Waals surface area contributed by atoms with Crippen LogP contribution in [0.25, 0.3) is 0 Å². The summed E-state index contributed by atoms with van der Waals surface area (Å²) in [5.74, 6) is -3.20. The van der Waals surface area contributed by atoms with Crippen molar-refractivity contribution in [2.45, 2.75) is 197 Å². The van der Waals surface area contributed by atoms with Crippen molar-refractivity contribution in [2.75, 3.05) is 79.2 Å². The van der Waals surface area contributed by atoms with Gasteiger partial charge in [0.25, 0.3) is 0 Å². The number of likely N-dealkylation sites (N-methyl/N-ethyl adjacent to an activating group) is 2. The minimum atomic E-state index is -1.82. The molecule has 5 heterocycles. The molecule has 20 atom stereocenters. The number of morpholine rings is 1. The summed E-state index contributed by atoms with van der Waals surface area (Å²) in [7, 11) is 6.92. The summed E-state index contributed by atoms with van der Waals surface area (Å²) in [5.41, 5.74) is -1.81. The van der Waals surface area contributed by atoms with Gasteiger partial charge in [0.05, 0.1) is 67.1 Å². The average molecular weight is 1060 g/mol. The average Bonchev–Trinajstić information content (AvgIpc) is 3.85. The van der Waals surface area contributed by atoms with Crippen LogP contribution in [0.15, 0.2) is 30.5 Å². The second kappa shape index (κ2) is 25.9. The summed E-state index contributed by atoms with van der Waals surface area (Å²) < 4.78 is 45.4. The van der Waals surface area contributed by atoms with Crippen LogP contribution in [-0.2, 0) is 44.4 Å². The van der Waals surface area contributed by atoms with Gasteiger partial charge in [0.2, 0.25) is 0 Å². The lowest BCUT2D eigenvalue weighted by molar-refractivity contribution is -0.302. The number of hydrogen-bond acceptors (Lipinski definition) is 19. The third kappa shape index (κ3) is 13.9. The highest BCUT2D eigenvalue weighted by molar-refractivity contribution is 5.73. The first kappa shape index (κ1) is 61.3. The standard InChI is InChI=1S/C55H94N6O14/c1-15-44-55(10,68)48(64)36(6)59(12)29-32(2)27-53(8,67)50(34(4)45(35(5)51(66)74-44)43-28-54(9,70-14)49(65)37(7)73-43)75-52-46(63)41(26-33(3)72-52)58(11)21-20-39-30-61(57-56-39)42(31-62)47(69-13)38-16-18-40(19-17-38)60-22-24-71-25-23-60/h16-19,30,32-37,41-50,52,62-65,67-68H,15,20-29,31H2,1-14H3/t32-,33-,34+,35-,36-,37+,41+,42-,43?,44-,45+,46-,47-,48-,49+,50-,52+,53-,54-,55-/m1/s1.